The van der Waals surface area contributed by atoms with Crippen LogP contribution in [0.5, 0.6) is 0 Å². The fraction of sp³-hybridized carbons (Fsp3) is 0.769. The molecule has 0 aromatic rings. The molecule has 0 unspecified atom stereocenters. The second kappa shape index (κ2) is 8.46. The molecule has 120 valence electrons. The van der Waals surface area contributed by atoms with Gasteiger partial charge in [0.1, 0.15) is 13.2 Å². The standard InChI is InChI=1S/C13H23N3O5/c1-3-14-11(17)8-15(2)13(20)16-6-4-10(5-7-16)21-9-12(18)19/h10H,3-9H2,1-2H3,(H,14,17)(H,18,19). The predicted octanol–water partition coefficient (Wildman–Crippen LogP) is -0.260. The van der Waals surface area contributed by atoms with E-state index in [9.17, 15) is 14.4 Å². The number of urea groups is 1. The van der Waals surface area contributed by atoms with Crippen LogP contribution in [0.15, 0.2) is 0 Å². The van der Waals surface area contributed by atoms with Crippen LogP contribution in [0, 0.1) is 0 Å². The summed E-state index contributed by atoms with van der Waals surface area (Å²) >= 11 is 0. The van der Waals surface area contributed by atoms with Crippen molar-refractivity contribution in [2.24, 2.45) is 0 Å². The third-order valence-electron chi connectivity index (χ3n) is 3.24. The molecule has 21 heavy (non-hydrogen) atoms. The van der Waals surface area contributed by atoms with Gasteiger partial charge in [-0.2, -0.15) is 0 Å². The average molecular weight is 301 g/mol. The van der Waals surface area contributed by atoms with Crippen LogP contribution in [0.3, 0.4) is 0 Å². The summed E-state index contributed by atoms with van der Waals surface area (Å²) in [5, 5.41) is 11.2. The first-order valence-corrected chi connectivity index (χ1v) is 7.04. The Balaban J connectivity index is 2.34. The molecule has 1 rings (SSSR count). The molecule has 0 radical (unpaired) electrons. The van der Waals surface area contributed by atoms with Crippen LogP contribution in [0.4, 0.5) is 4.79 Å². The normalized spacial score (nSPS) is 15.6. The second-order valence-corrected chi connectivity index (χ2v) is 4.98. The summed E-state index contributed by atoms with van der Waals surface area (Å²) in [6, 6.07) is -0.196. The third kappa shape index (κ3) is 5.99. The number of carboxylic acid groups (broad SMARTS) is 1. The van der Waals surface area contributed by atoms with Gasteiger partial charge in [-0.15, -0.1) is 0 Å². The van der Waals surface area contributed by atoms with Crippen molar-refractivity contribution in [3.8, 4) is 0 Å². The Morgan fingerprint density at radius 2 is 1.95 bits per heavy atom. The quantitative estimate of drug-likeness (QED) is 0.704. The number of likely N-dealkylation sites (N-methyl/N-ethyl adjacent to an activating group) is 2. The van der Waals surface area contributed by atoms with Crippen LogP contribution < -0.4 is 5.32 Å². The molecule has 0 atom stereocenters. The summed E-state index contributed by atoms with van der Waals surface area (Å²) in [5.74, 6) is -1.18. The highest BCUT2D eigenvalue weighted by Gasteiger charge is 2.26. The van der Waals surface area contributed by atoms with E-state index in [1.54, 1.807) is 11.9 Å². The van der Waals surface area contributed by atoms with Crippen molar-refractivity contribution in [1.82, 2.24) is 15.1 Å². The van der Waals surface area contributed by atoms with E-state index in [1.165, 1.54) is 4.90 Å². The molecule has 0 saturated carbocycles. The molecule has 0 aromatic heterocycles. The minimum Gasteiger partial charge on any atom is -0.480 e. The molecule has 1 heterocycles. The molecule has 0 spiro atoms. The summed E-state index contributed by atoms with van der Waals surface area (Å²) in [4.78, 5) is 37.0. The smallest absolute Gasteiger partial charge is 0.329 e. The lowest BCUT2D eigenvalue weighted by molar-refractivity contribution is -0.145. The number of piperidine rings is 1. The molecule has 0 aromatic carbocycles. The Hall–Kier alpha value is -1.83. The number of carboxylic acids is 1. The number of nitrogens with one attached hydrogen (secondary N) is 1. The Morgan fingerprint density at radius 1 is 1.33 bits per heavy atom. The topological polar surface area (TPSA) is 99.2 Å². The molecule has 2 N–H and O–H groups in total. The summed E-state index contributed by atoms with van der Waals surface area (Å²) in [7, 11) is 1.59. The summed E-state index contributed by atoms with van der Waals surface area (Å²) < 4.78 is 5.21. The van der Waals surface area contributed by atoms with E-state index >= 15 is 0 Å². The van der Waals surface area contributed by atoms with Gasteiger partial charge in [-0.1, -0.05) is 0 Å². The maximum absolute atomic E-state index is 12.1. The lowest BCUT2D eigenvalue weighted by Crippen LogP contribution is -2.49. The van der Waals surface area contributed by atoms with Gasteiger partial charge < -0.3 is 25.0 Å². The maximum atomic E-state index is 12.1. The fourth-order valence-electron chi connectivity index (χ4n) is 2.18. The average Bonchev–Trinajstić information content (AvgIpc) is 2.45. The Kier molecular flexibility index (Phi) is 6.93. The Morgan fingerprint density at radius 3 is 2.48 bits per heavy atom. The van der Waals surface area contributed by atoms with E-state index < -0.39 is 5.97 Å². The largest absolute Gasteiger partial charge is 0.480 e. The molecule has 3 amide bonds. The number of amides is 3. The van der Waals surface area contributed by atoms with E-state index in [0.29, 0.717) is 32.5 Å². The molecular formula is C13H23N3O5. The number of carbonyl (C=O) groups excluding carboxylic acids is 2. The molecule has 1 saturated heterocycles. The van der Waals surface area contributed by atoms with E-state index in [1.807, 2.05) is 6.92 Å². The van der Waals surface area contributed by atoms with Crippen LogP contribution >= 0.6 is 0 Å². The summed E-state index contributed by atoms with van der Waals surface area (Å²) in [6.45, 7) is 3.08. The van der Waals surface area contributed by atoms with Crippen molar-refractivity contribution in [3.63, 3.8) is 0 Å². The predicted molar refractivity (Wildman–Crippen MR) is 74.9 cm³/mol. The van der Waals surface area contributed by atoms with E-state index in [4.69, 9.17) is 9.84 Å². The van der Waals surface area contributed by atoms with Crippen molar-refractivity contribution in [1.29, 1.82) is 0 Å². The van der Waals surface area contributed by atoms with Gasteiger partial charge in [0.05, 0.1) is 6.10 Å². The van der Waals surface area contributed by atoms with Gasteiger partial charge in [0.2, 0.25) is 5.91 Å². The van der Waals surface area contributed by atoms with E-state index in [-0.39, 0.29) is 31.2 Å². The van der Waals surface area contributed by atoms with Crippen molar-refractivity contribution >= 4 is 17.9 Å². The van der Waals surface area contributed by atoms with Crippen LogP contribution in [-0.4, -0.2) is 78.8 Å². The lowest BCUT2D eigenvalue weighted by atomic mass is 10.1. The van der Waals surface area contributed by atoms with Gasteiger partial charge in [-0.25, -0.2) is 9.59 Å². The number of carbonyl (C=O) groups is 3. The minimum atomic E-state index is -0.991. The first-order chi connectivity index (χ1) is 9.93. The minimum absolute atomic E-state index is 0.0299. The SMILES string of the molecule is CCNC(=O)CN(C)C(=O)N1CCC(OCC(=O)O)CC1. The number of aliphatic carboxylic acids is 1. The van der Waals surface area contributed by atoms with Crippen LogP contribution in [0.1, 0.15) is 19.8 Å². The number of hydrogen-bond donors (Lipinski definition) is 2. The molecule has 1 aliphatic rings. The molecule has 0 bridgehead atoms. The van der Waals surface area contributed by atoms with Gasteiger partial charge in [0.15, 0.2) is 0 Å². The van der Waals surface area contributed by atoms with Gasteiger partial charge in [0.25, 0.3) is 0 Å². The highest BCUT2D eigenvalue weighted by Crippen LogP contribution is 2.14. The van der Waals surface area contributed by atoms with Crippen molar-refractivity contribution in [2.45, 2.75) is 25.9 Å². The molecular weight excluding hydrogens is 278 g/mol. The molecule has 8 nitrogen and oxygen atoms in total. The molecule has 1 fully saturated rings. The van der Waals surface area contributed by atoms with E-state index in [2.05, 4.69) is 5.32 Å². The van der Waals surface area contributed by atoms with Gasteiger partial charge >= 0.3 is 12.0 Å². The molecule has 1 aliphatic heterocycles. The monoisotopic (exact) mass is 301 g/mol. The number of rotatable bonds is 6. The number of ether oxygens (including phenoxy) is 1. The van der Waals surface area contributed by atoms with Crippen molar-refractivity contribution in [3.05, 3.63) is 0 Å². The van der Waals surface area contributed by atoms with Crippen LogP contribution in [0.25, 0.3) is 0 Å². The fourth-order valence-corrected chi connectivity index (χ4v) is 2.18. The molecule has 8 heteroatoms. The number of nitrogens with zero attached hydrogens (tertiary/aromatic N) is 2. The number of hydrogen-bond acceptors (Lipinski definition) is 4. The Bertz CT molecular complexity index is 380. The first-order valence-electron chi connectivity index (χ1n) is 7.04. The highest BCUT2D eigenvalue weighted by molar-refractivity contribution is 5.83. The summed E-state index contributed by atoms with van der Waals surface area (Å²) in [6.07, 6.45) is 1.08. The van der Waals surface area contributed by atoms with Crippen LogP contribution in [-0.2, 0) is 14.3 Å². The van der Waals surface area contributed by atoms with Gasteiger partial charge in [-0.05, 0) is 19.8 Å². The summed E-state index contributed by atoms with van der Waals surface area (Å²) in [5.41, 5.74) is 0. The second-order valence-electron chi connectivity index (χ2n) is 4.98. The van der Waals surface area contributed by atoms with Gasteiger partial charge in [-0.3, -0.25) is 4.79 Å². The lowest BCUT2D eigenvalue weighted by Gasteiger charge is -2.34. The van der Waals surface area contributed by atoms with Crippen molar-refractivity contribution in [2.75, 3.05) is 39.8 Å². The van der Waals surface area contributed by atoms with E-state index in [0.717, 1.165) is 0 Å². The maximum Gasteiger partial charge on any atom is 0.329 e. The third-order valence-corrected chi connectivity index (χ3v) is 3.24. The zero-order valence-corrected chi connectivity index (χ0v) is 12.5. The zero-order chi connectivity index (χ0) is 15.8. The Labute approximate surface area is 124 Å². The van der Waals surface area contributed by atoms with Crippen molar-refractivity contribution < 1.29 is 24.2 Å². The van der Waals surface area contributed by atoms with Crippen LogP contribution in [0.2, 0.25) is 0 Å². The first kappa shape index (κ1) is 17.2. The van der Waals surface area contributed by atoms with Gasteiger partial charge in [0, 0.05) is 26.7 Å². The molecule has 0 aliphatic carbocycles. The zero-order valence-electron chi connectivity index (χ0n) is 12.5. The number of likely N-dealkylation sites (tertiary alicyclic amines) is 1. The highest BCUT2D eigenvalue weighted by atomic mass is 16.5.